The van der Waals surface area contributed by atoms with Crippen molar-refractivity contribution in [1.82, 2.24) is 14.9 Å². The molecule has 2 aromatic heterocycles. The Bertz CT molecular complexity index is 1200. The Labute approximate surface area is 209 Å². The minimum absolute atomic E-state index is 0.250. The lowest BCUT2D eigenvalue weighted by Crippen LogP contribution is -2.38. The third-order valence-electron chi connectivity index (χ3n) is 4.98. The SMILES string of the molecule is C=CC(=O)O.O=C(O)c1cccc(CN2CCC(Nc3ncnc4sc(Cl)cc34)CC2)c1.O=C=O. The topological polar surface area (TPSA) is 150 Å². The number of aromatic carboxylic acids is 1. The van der Waals surface area contributed by atoms with Gasteiger partial charge in [0.25, 0.3) is 0 Å². The van der Waals surface area contributed by atoms with Crippen molar-refractivity contribution in [2.75, 3.05) is 18.4 Å². The highest BCUT2D eigenvalue weighted by Gasteiger charge is 2.21. The number of aliphatic carboxylic acids is 1. The maximum Gasteiger partial charge on any atom is 0.373 e. The van der Waals surface area contributed by atoms with Gasteiger partial charge in [0.05, 0.1) is 15.3 Å². The van der Waals surface area contributed by atoms with E-state index in [-0.39, 0.29) is 6.15 Å². The fourth-order valence-corrected chi connectivity index (χ4v) is 4.49. The molecule has 0 bridgehead atoms. The lowest BCUT2D eigenvalue weighted by atomic mass is 10.0. The molecule has 3 heterocycles. The van der Waals surface area contributed by atoms with Crippen LogP contribution in [0.2, 0.25) is 4.34 Å². The third kappa shape index (κ3) is 8.91. The Morgan fingerprint density at radius 3 is 2.49 bits per heavy atom. The smallest absolute Gasteiger partial charge is 0.373 e. The highest BCUT2D eigenvalue weighted by Crippen LogP contribution is 2.32. The summed E-state index contributed by atoms with van der Waals surface area (Å²) >= 11 is 7.56. The summed E-state index contributed by atoms with van der Waals surface area (Å²) in [5.41, 5.74) is 1.37. The van der Waals surface area contributed by atoms with Crippen molar-refractivity contribution in [3.8, 4) is 0 Å². The van der Waals surface area contributed by atoms with Crippen LogP contribution >= 0.6 is 22.9 Å². The van der Waals surface area contributed by atoms with E-state index < -0.39 is 11.9 Å². The molecule has 1 aliphatic heterocycles. The van der Waals surface area contributed by atoms with Gasteiger partial charge in [-0.15, -0.1) is 11.3 Å². The maximum absolute atomic E-state index is 11.1. The average Bonchev–Trinajstić information content (AvgIpc) is 3.22. The van der Waals surface area contributed by atoms with E-state index in [4.69, 9.17) is 31.4 Å². The fraction of sp³-hybridized carbons (Fsp3) is 0.261. The van der Waals surface area contributed by atoms with Gasteiger partial charge in [0.15, 0.2) is 0 Å². The van der Waals surface area contributed by atoms with Gasteiger partial charge in [-0.2, -0.15) is 9.59 Å². The number of hydrogen-bond acceptors (Lipinski definition) is 9. The van der Waals surface area contributed by atoms with E-state index in [0.29, 0.717) is 15.9 Å². The number of carbonyl (C=O) groups excluding carboxylic acids is 2. The molecule has 1 fully saturated rings. The molecule has 1 aliphatic rings. The number of nitrogens with zero attached hydrogens (tertiary/aromatic N) is 3. The Morgan fingerprint density at radius 1 is 1.23 bits per heavy atom. The summed E-state index contributed by atoms with van der Waals surface area (Å²) in [7, 11) is 0. The van der Waals surface area contributed by atoms with Gasteiger partial charge in [0.2, 0.25) is 0 Å². The average molecular weight is 519 g/mol. The predicted molar refractivity (Wildman–Crippen MR) is 131 cm³/mol. The van der Waals surface area contributed by atoms with E-state index in [2.05, 4.69) is 26.8 Å². The number of halogens is 1. The second-order valence-electron chi connectivity index (χ2n) is 7.32. The van der Waals surface area contributed by atoms with Crippen LogP contribution in [0.15, 0.2) is 49.3 Å². The van der Waals surface area contributed by atoms with E-state index in [1.807, 2.05) is 12.1 Å². The number of carboxylic acid groups (broad SMARTS) is 2. The van der Waals surface area contributed by atoms with Crippen LogP contribution in [0.5, 0.6) is 0 Å². The number of hydrogen-bond donors (Lipinski definition) is 3. The number of nitrogens with one attached hydrogen (secondary N) is 1. The van der Waals surface area contributed by atoms with Gasteiger partial charge in [0.1, 0.15) is 17.0 Å². The van der Waals surface area contributed by atoms with E-state index in [1.165, 1.54) is 11.3 Å². The highest BCUT2D eigenvalue weighted by atomic mass is 35.5. The molecular formula is C23H23ClN4O6S. The summed E-state index contributed by atoms with van der Waals surface area (Å²) in [6.45, 7) is 5.63. The van der Waals surface area contributed by atoms with E-state index in [1.54, 1.807) is 24.5 Å². The second-order valence-corrected chi connectivity index (χ2v) is 8.98. The Morgan fingerprint density at radius 2 is 1.89 bits per heavy atom. The molecule has 35 heavy (non-hydrogen) atoms. The molecule has 3 N–H and O–H groups in total. The third-order valence-corrected chi connectivity index (χ3v) is 6.15. The molecule has 1 saturated heterocycles. The number of fused-ring (bicyclic) bond motifs is 1. The van der Waals surface area contributed by atoms with Crippen molar-refractivity contribution >= 4 is 57.1 Å². The van der Waals surface area contributed by atoms with Crippen LogP contribution in [0.1, 0.15) is 28.8 Å². The van der Waals surface area contributed by atoms with Crippen LogP contribution in [0.25, 0.3) is 10.2 Å². The molecule has 0 radical (unpaired) electrons. The molecule has 10 nitrogen and oxygen atoms in total. The summed E-state index contributed by atoms with van der Waals surface area (Å²) in [4.78, 5) is 48.5. The Kier molecular flexibility index (Phi) is 11.0. The van der Waals surface area contributed by atoms with E-state index >= 15 is 0 Å². The number of piperidine rings is 1. The number of anilines is 1. The fourth-order valence-electron chi connectivity index (χ4n) is 3.43. The number of carbonyl (C=O) groups is 2. The van der Waals surface area contributed by atoms with Gasteiger partial charge in [-0.05, 0) is 36.6 Å². The molecule has 184 valence electrons. The van der Waals surface area contributed by atoms with Gasteiger partial charge in [-0.3, -0.25) is 4.90 Å². The monoisotopic (exact) mass is 518 g/mol. The molecule has 0 spiro atoms. The van der Waals surface area contributed by atoms with Crippen LogP contribution in [0, 0.1) is 0 Å². The normalized spacial score (nSPS) is 13.4. The first-order chi connectivity index (χ1) is 16.8. The van der Waals surface area contributed by atoms with E-state index in [0.717, 1.165) is 60.1 Å². The largest absolute Gasteiger partial charge is 0.478 e. The van der Waals surface area contributed by atoms with Crippen molar-refractivity contribution < 1.29 is 29.4 Å². The number of likely N-dealkylation sites (tertiary alicyclic amines) is 1. The number of carboxylic acids is 2. The Hall–Kier alpha value is -3.63. The molecule has 12 heteroatoms. The van der Waals surface area contributed by atoms with Gasteiger partial charge < -0.3 is 15.5 Å². The zero-order valence-electron chi connectivity index (χ0n) is 18.5. The molecule has 4 rings (SSSR count). The molecule has 0 amide bonds. The van der Waals surface area contributed by atoms with Crippen molar-refractivity contribution in [2.24, 2.45) is 0 Å². The van der Waals surface area contributed by atoms with Crippen molar-refractivity contribution in [3.63, 3.8) is 0 Å². The maximum atomic E-state index is 11.1. The number of benzene rings is 1. The van der Waals surface area contributed by atoms with Crippen LogP contribution in [0.4, 0.5) is 5.82 Å². The first-order valence-corrected chi connectivity index (χ1v) is 11.5. The quantitative estimate of drug-likeness (QED) is 0.411. The molecule has 1 aromatic carbocycles. The summed E-state index contributed by atoms with van der Waals surface area (Å²) < 4.78 is 0.715. The predicted octanol–water partition coefficient (Wildman–Crippen LogP) is 3.79. The summed E-state index contributed by atoms with van der Waals surface area (Å²) in [6.07, 6.45) is 4.66. The van der Waals surface area contributed by atoms with Crippen LogP contribution in [0.3, 0.4) is 0 Å². The molecule has 0 atom stereocenters. The summed E-state index contributed by atoms with van der Waals surface area (Å²) in [5.74, 6) is -1.02. The molecule has 3 aromatic rings. The lowest BCUT2D eigenvalue weighted by molar-refractivity contribution is -0.191. The van der Waals surface area contributed by atoms with Gasteiger partial charge in [-0.25, -0.2) is 19.6 Å². The number of aromatic nitrogens is 2. The molecule has 0 saturated carbocycles. The summed E-state index contributed by atoms with van der Waals surface area (Å²) in [5, 5.41) is 21.2. The van der Waals surface area contributed by atoms with Crippen LogP contribution in [-0.4, -0.2) is 62.3 Å². The minimum atomic E-state index is -0.981. The lowest BCUT2D eigenvalue weighted by Gasteiger charge is -2.32. The standard InChI is InChI=1S/C19H19ClN4O2S.C3H4O2.CO2/c20-16-9-15-17(21-11-22-18(15)27-16)23-14-4-6-24(7-5-14)10-12-2-1-3-13(8-12)19(25)26;1-2-3(4)5;2-1-3/h1-3,8-9,11,14H,4-7,10H2,(H,25,26)(H,21,22,23);2H,1H2,(H,4,5);. The molecule has 0 aliphatic carbocycles. The number of thiophene rings is 1. The van der Waals surface area contributed by atoms with Crippen molar-refractivity contribution in [3.05, 3.63) is 64.8 Å². The number of rotatable bonds is 6. The highest BCUT2D eigenvalue weighted by molar-refractivity contribution is 7.22. The Balaban J connectivity index is 0.000000473. The zero-order chi connectivity index (χ0) is 25.8. The first kappa shape index (κ1) is 27.6. The van der Waals surface area contributed by atoms with Gasteiger partial charge in [-0.1, -0.05) is 30.3 Å². The van der Waals surface area contributed by atoms with Crippen LogP contribution < -0.4 is 5.32 Å². The first-order valence-electron chi connectivity index (χ1n) is 10.3. The van der Waals surface area contributed by atoms with E-state index in [9.17, 15) is 9.59 Å². The second kappa shape index (κ2) is 13.9. The molecular weight excluding hydrogens is 496 g/mol. The van der Waals surface area contributed by atoms with Crippen molar-refractivity contribution in [2.45, 2.75) is 25.4 Å². The van der Waals surface area contributed by atoms with Crippen LogP contribution in [-0.2, 0) is 20.9 Å². The zero-order valence-corrected chi connectivity index (χ0v) is 20.1. The van der Waals surface area contributed by atoms with Crippen molar-refractivity contribution in [1.29, 1.82) is 0 Å². The minimum Gasteiger partial charge on any atom is -0.478 e. The van der Waals surface area contributed by atoms with Gasteiger partial charge in [0, 0.05) is 31.8 Å². The van der Waals surface area contributed by atoms with Gasteiger partial charge >= 0.3 is 18.1 Å². The summed E-state index contributed by atoms with van der Waals surface area (Å²) in [6, 6.07) is 9.43. The molecule has 0 unspecified atom stereocenters.